The molecule has 2 atom stereocenters. The van der Waals surface area contributed by atoms with E-state index >= 15 is 0 Å². The summed E-state index contributed by atoms with van der Waals surface area (Å²) in [4.78, 5) is 17.9. The highest BCUT2D eigenvalue weighted by Gasteiger charge is 2.24. The maximum Gasteiger partial charge on any atom is 0.315 e. The van der Waals surface area contributed by atoms with Gasteiger partial charge in [-0.2, -0.15) is 0 Å². The van der Waals surface area contributed by atoms with E-state index in [0.29, 0.717) is 6.54 Å². The largest absolute Gasteiger partial charge is 0.383 e. The molecule has 1 aromatic heterocycles. The van der Waals surface area contributed by atoms with Crippen LogP contribution in [0.5, 0.6) is 0 Å². The molecule has 2 N–H and O–H groups in total. The Morgan fingerprint density at radius 1 is 1.57 bits per heavy atom. The lowest BCUT2D eigenvalue weighted by molar-refractivity contribution is 0.159. The lowest BCUT2D eigenvalue weighted by atomic mass is 10.2. The molecule has 1 aliphatic rings. The number of carbonyl (C=O) groups is 1. The van der Waals surface area contributed by atoms with Crippen LogP contribution in [0.1, 0.15) is 17.3 Å². The molecule has 0 aromatic carbocycles. The monoisotopic (exact) mass is 340 g/mol. The van der Waals surface area contributed by atoms with Crippen LogP contribution >= 0.6 is 11.3 Å². The molecule has 6 nitrogen and oxygen atoms in total. The second-order valence-electron chi connectivity index (χ2n) is 6.13. The standard InChI is InChI=1S/C16H28N4O2S/c1-19(2)14(15-5-4-10-23-15)11-17-16(21)18-13-6-7-20(12-13)8-9-22-3/h4-5,10,13-14H,6-9,11-12H2,1-3H3,(H2,17,18,21)/t13-,14+/m1/s1. The fourth-order valence-electron chi connectivity index (χ4n) is 2.82. The van der Waals surface area contributed by atoms with Crippen molar-refractivity contribution in [2.75, 3.05) is 54.0 Å². The minimum absolute atomic E-state index is 0.0769. The third kappa shape index (κ3) is 5.76. The maximum atomic E-state index is 12.1. The predicted molar refractivity (Wildman–Crippen MR) is 94.0 cm³/mol. The average molecular weight is 340 g/mol. The smallest absolute Gasteiger partial charge is 0.315 e. The number of ether oxygens (including phenoxy) is 1. The molecule has 1 saturated heterocycles. The zero-order valence-electron chi connectivity index (χ0n) is 14.2. The van der Waals surface area contributed by atoms with Crippen molar-refractivity contribution >= 4 is 17.4 Å². The van der Waals surface area contributed by atoms with Gasteiger partial charge in [0.15, 0.2) is 0 Å². The van der Waals surface area contributed by atoms with E-state index in [1.807, 2.05) is 20.2 Å². The zero-order chi connectivity index (χ0) is 16.7. The molecule has 130 valence electrons. The Balaban J connectivity index is 1.72. The van der Waals surface area contributed by atoms with Crippen molar-refractivity contribution in [3.8, 4) is 0 Å². The third-order valence-electron chi connectivity index (χ3n) is 4.17. The number of carbonyl (C=O) groups excluding carboxylic acids is 1. The highest BCUT2D eigenvalue weighted by molar-refractivity contribution is 7.10. The van der Waals surface area contributed by atoms with Crippen LogP contribution in [-0.2, 0) is 4.74 Å². The van der Waals surface area contributed by atoms with E-state index in [4.69, 9.17) is 4.74 Å². The summed E-state index contributed by atoms with van der Waals surface area (Å²) in [7, 11) is 5.79. The highest BCUT2D eigenvalue weighted by Crippen LogP contribution is 2.22. The molecule has 0 saturated carbocycles. The van der Waals surface area contributed by atoms with E-state index < -0.39 is 0 Å². The Hall–Kier alpha value is -1.15. The number of nitrogens with one attached hydrogen (secondary N) is 2. The summed E-state index contributed by atoms with van der Waals surface area (Å²) in [5.41, 5.74) is 0. The number of rotatable bonds is 8. The van der Waals surface area contributed by atoms with Crippen molar-refractivity contribution in [3.05, 3.63) is 22.4 Å². The van der Waals surface area contributed by atoms with Gasteiger partial charge in [0, 0.05) is 44.2 Å². The van der Waals surface area contributed by atoms with Crippen LogP contribution in [0.25, 0.3) is 0 Å². The number of hydrogen-bond acceptors (Lipinski definition) is 5. The molecule has 2 rings (SSSR count). The Labute approximate surface area is 142 Å². The van der Waals surface area contributed by atoms with Crippen molar-refractivity contribution in [3.63, 3.8) is 0 Å². The summed E-state index contributed by atoms with van der Waals surface area (Å²) in [6, 6.07) is 4.52. The van der Waals surface area contributed by atoms with Gasteiger partial charge in [-0.05, 0) is 32.0 Å². The van der Waals surface area contributed by atoms with Gasteiger partial charge in [-0.15, -0.1) is 11.3 Å². The number of methoxy groups -OCH3 is 1. The van der Waals surface area contributed by atoms with E-state index in [1.54, 1.807) is 18.4 Å². The first-order valence-electron chi connectivity index (χ1n) is 8.05. The molecular weight excluding hydrogens is 312 g/mol. The topological polar surface area (TPSA) is 56.8 Å². The number of likely N-dealkylation sites (N-methyl/N-ethyl adjacent to an activating group) is 1. The molecule has 1 fully saturated rings. The lowest BCUT2D eigenvalue weighted by Crippen LogP contribution is -2.45. The summed E-state index contributed by atoms with van der Waals surface area (Å²) in [5, 5.41) is 8.15. The molecule has 23 heavy (non-hydrogen) atoms. The van der Waals surface area contributed by atoms with E-state index in [1.165, 1.54) is 4.88 Å². The Bertz CT molecular complexity index is 467. The van der Waals surface area contributed by atoms with Crippen LogP contribution in [0, 0.1) is 0 Å². The van der Waals surface area contributed by atoms with Crippen molar-refractivity contribution in [2.45, 2.75) is 18.5 Å². The minimum atomic E-state index is -0.0769. The van der Waals surface area contributed by atoms with Gasteiger partial charge in [-0.25, -0.2) is 4.79 Å². The molecule has 0 aliphatic carbocycles. The molecule has 7 heteroatoms. The van der Waals surface area contributed by atoms with Gasteiger partial charge in [-0.1, -0.05) is 6.07 Å². The van der Waals surface area contributed by atoms with Crippen molar-refractivity contribution < 1.29 is 9.53 Å². The van der Waals surface area contributed by atoms with Gasteiger partial charge in [-0.3, -0.25) is 4.90 Å². The van der Waals surface area contributed by atoms with E-state index in [9.17, 15) is 4.79 Å². The Morgan fingerprint density at radius 2 is 2.39 bits per heavy atom. The molecule has 1 aromatic rings. The first-order chi connectivity index (χ1) is 11.1. The zero-order valence-corrected chi connectivity index (χ0v) is 15.1. The van der Waals surface area contributed by atoms with Crippen molar-refractivity contribution in [2.24, 2.45) is 0 Å². The summed E-state index contributed by atoms with van der Waals surface area (Å²) in [5.74, 6) is 0. The van der Waals surface area contributed by atoms with E-state index in [-0.39, 0.29) is 18.1 Å². The molecule has 0 spiro atoms. The number of nitrogens with zero attached hydrogens (tertiary/aromatic N) is 2. The van der Waals surface area contributed by atoms with Crippen LogP contribution in [0.3, 0.4) is 0 Å². The van der Waals surface area contributed by atoms with E-state index in [0.717, 1.165) is 32.7 Å². The summed E-state index contributed by atoms with van der Waals surface area (Å²) in [6.45, 7) is 4.20. The van der Waals surface area contributed by atoms with Crippen LogP contribution in [0.4, 0.5) is 4.79 Å². The first-order valence-corrected chi connectivity index (χ1v) is 8.93. The molecule has 0 bridgehead atoms. The summed E-state index contributed by atoms with van der Waals surface area (Å²) < 4.78 is 5.10. The van der Waals surface area contributed by atoms with E-state index in [2.05, 4.69) is 31.9 Å². The van der Waals surface area contributed by atoms with Crippen LogP contribution in [-0.4, -0.2) is 75.9 Å². The molecule has 2 amide bonds. The second kappa shape index (κ2) is 9.22. The number of urea groups is 1. The Morgan fingerprint density at radius 3 is 3.04 bits per heavy atom. The fourth-order valence-corrected chi connectivity index (χ4v) is 3.74. The normalized spacial score (nSPS) is 19.9. The number of amides is 2. The Kier molecular flexibility index (Phi) is 7.29. The second-order valence-corrected chi connectivity index (χ2v) is 7.11. The molecule has 2 heterocycles. The minimum Gasteiger partial charge on any atom is -0.383 e. The van der Waals surface area contributed by atoms with Crippen molar-refractivity contribution in [1.29, 1.82) is 0 Å². The van der Waals surface area contributed by atoms with Crippen molar-refractivity contribution in [1.82, 2.24) is 20.4 Å². The van der Waals surface area contributed by atoms with Gasteiger partial charge in [0.1, 0.15) is 0 Å². The predicted octanol–water partition coefficient (Wildman–Crippen LogP) is 1.37. The van der Waals surface area contributed by atoms with Gasteiger partial charge < -0.3 is 20.3 Å². The van der Waals surface area contributed by atoms with Crippen LogP contribution in [0.15, 0.2) is 17.5 Å². The van der Waals surface area contributed by atoms with Gasteiger partial charge >= 0.3 is 6.03 Å². The van der Waals surface area contributed by atoms with Gasteiger partial charge in [0.25, 0.3) is 0 Å². The fraction of sp³-hybridized carbons (Fsp3) is 0.688. The first kappa shape index (κ1) is 18.2. The number of likely N-dealkylation sites (tertiary alicyclic amines) is 1. The quantitative estimate of drug-likeness (QED) is 0.750. The third-order valence-corrected chi connectivity index (χ3v) is 5.14. The van der Waals surface area contributed by atoms with Crippen LogP contribution in [0.2, 0.25) is 0 Å². The SMILES string of the molecule is COCCN1CC[C@@H](NC(=O)NC[C@@H](c2cccs2)N(C)C)C1. The lowest BCUT2D eigenvalue weighted by Gasteiger charge is -2.24. The van der Waals surface area contributed by atoms with Gasteiger partial charge in [0.05, 0.1) is 12.6 Å². The molecule has 0 unspecified atom stereocenters. The summed E-state index contributed by atoms with van der Waals surface area (Å²) in [6.07, 6.45) is 0.999. The average Bonchev–Trinajstić information content (AvgIpc) is 3.17. The summed E-state index contributed by atoms with van der Waals surface area (Å²) >= 11 is 1.72. The molecular formula is C16H28N4O2S. The number of hydrogen-bond donors (Lipinski definition) is 2. The maximum absolute atomic E-state index is 12.1. The molecule has 1 aliphatic heterocycles. The molecule has 0 radical (unpaired) electrons. The van der Waals surface area contributed by atoms with Crippen LogP contribution < -0.4 is 10.6 Å². The highest BCUT2D eigenvalue weighted by atomic mass is 32.1. The van der Waals surface area contributed by atoms with Gasteiger partial charge in [0.2, 0.25) is 0 Å². The number of thiophene rings is 1.